The van der Waals surface area contributed by atoms with Crippen LogP contribution in [0.25, 0.3) is 0 Å². The third kappa shape index (κ3) is 3.80. The standard InChI is InChI=1S/C14H19NO4S/c1-10-7-11(9-13(8-10)20(15,17)18)14(16)19-12-5-3-2-4-6-12/h7-9,12H,2-6H2,1H3,(H2,15,17,18). The van der Waals surface area contributed by atoms with Crippen molar-refractivity contribution in [3.8, 4) is 0 Å². The van der Waals surface area contributed by atoms with Gasteiger partial charge in [-0.3, -0.25) is 0 Å². The number of hydrogen-bond donors (Lipinski definition) is 1. The largest absolute Gasteiger partial charge is 0.459 e. The summed E-state index contributed by atoms with van der Waals surface area (Å²) >= 11 is 0. The number of carbonyl (C=O) groups excluding carboxylic acids is 1. The molecule has 1 aromatic rings. The molecule has 1 aliphatic rings. The number of nitrogens with two attached hydrogens (primary N) is 1. The number of ether oxygens (including phenoxy) is 1. The number of primary sulfonamides is 1. The second-order valence-electron chi connectivity index (χ2n) is 5.25. The molecule has 0 atom stereocenters. The van der Waals surface area contributed by atoms with Crippen molar-refractivity contribution in [2.45, 2.75) is 50.0 Å². The van der Waals surface area contributed by atoms with E-state index >= 15 is 0 Å². The van der Waals surface area contributed by atoms with Crippen LogP contribution in [0.5, 0.6) is 0 Å². The average Bonchev–Trinajstić information content (AvgIpc) is 2.38. The minimum atomic E-state index is -3.82. The van der Waals surface area contributed by atoms with Crippen molar-refractivity contribution in [3.63, 3.8) is 0 Å². The highest BCUT2D eigenvalue weighted by Crippen LogP contribution is 2.22. The molecule has 2 rings (SSSR count). The van der Waals surface area contributed by atoms with Gasteiger partial charge in [0, 0.05) is 0 Å². The second kappa shape index (κ2) is 5.93. The van der Waals surface area contributed by atoms with Gasteiger partial charge in [0.05, 0.1) is 10.5 Å². The summed E-state index contributed by atoms with van der Waals surface area (Å²) in [4.78, 5) is 12.0. The fraction of sp³-hybridized carbons (Fsp3) is 0.500. The molecule has 6 heteroatoms. The van der Waals surface area contributed by atoms with E-state index in [1.807, 2.05) is 0 Å². The summed E-state index contributed by atoms with van der Waals surface area (Å²) in [6, 6.07) is 4.32. The van der Waals surface area contributed by atoms with Gasteiger partial charge >= 0.3 is 5.97 Å². The third-order valence-electron chi connectivity index (χ3n) is 3.44. The Labute approximate surface area is 119 Å². The first kappa shape index (κ1) is 15.0. The molecule has 0 unspecified atom stereocenters. The van der Waals surface area contributed by atoms with E-state index in [0.717, 1.165) is 25.7 Å². The van der Waals surface area contributed by atoms with Crippen LogP contribution >= 0.6 is 0 Å². The zero-order valence-corrected chi connectivity index (χ0v) is 12.3. The highest BCUT2D eigenvalue weighted by Gasteiger charge is 2.20. The summed E-state index contributed by atoms with van der Waals surface area (Å²) in [6.07, 6.45) is 4.99. The van der Waals surface area contributed by atoms with Gasteiger partial charge in [-0.15, -0.1) is 0 Å². The number of benzene rings is 1. The van der Waals surface area contributed by atoms with E-state index in [1.165, 1.54) is 18.6 Å². The van der Waals surface area contributed by atoms with Gasteiger partial charge in [-0.25, -0.2) is 18.4 Å². The van der Waals surface area contributed by atoms with Crippen molar-refractivity contribution in [2.24, 2.45) is 5.14 Å². The van der Waals surface area contributed by atoms with Crippen LogP contribution in [-0.4, -0.2) is 20.5 Å². The van der Waals surface area contributed by atoms with E-state index in [9.17, 15) is 13.2 Å². The molecule has 0 amide bonds. The molecular weight excluding hydrogens is 278 g/mol. The van der Waals surface area contributed by atoms with Crippen molar-refractivity contribution in [3.05, 3.63) is 29.3 Å². The van der Waals surface area contributed by atoms with Crippen LogP contribution in [0.15, 0.2) is 23.1 Å². The van der Waals surface area contributed by atoms with Gasteiger partial charge < -0.3 is 4.74 Å². The number of esters is 1. The Balaban J connectivity index is 2.19. The molecule has 110 valence electrons. The monoisotopic (exact) mass is 297 g/mol. The molecule has 1 saturated carbocycles. The normalized spacial score (nSPS) is 16.9. The van der Waals surface area contributed by atoms with Crippen molar-refractivity contribution in [2.75, 3.05) is 0 Å². The molecule has 0 saturated heterocycles. The van der Waals surface area contributed by atoms with Crippen LogP contribution in [0.3, 0.4) is 0 Å². The number of hydrogen-bond acceptors (Lipinski definition) is 4. The number of rotatable bonds is 3. The molecule has 1 fully saturated rings. The van der Waals surface area contributed by atoms with E-state index in [0.29, 0.717) is 5.56 Å². The number of aryl methyl sites for hydroxylation is 1. The molecule has 0 spiro atoms. The first-order chi connectivity index (χ1) is 9.36. The summed E-state index contributed by atoms with van der Waals surface area (Å²) in [5.74, 6) is -0.481. The molecule has 0 bridgehead atoms. The zero-order chi connectivity index (χ0) is 14.8. The first-order valence-corrected chi connectivity index (χ1v) is 8.26. The second-order valence-corrected chi connectivity index (χ2v) is 6.81. The van der Waals surface area contributed by atoms with Crippen molar-refractivity contribution < 1.29 is 17.9 Å². The molecule has 1 aliphatic carbocycles. The lowest BCUT2D eigenvalue weighted by Gasteiger charge is -2.22. The van der Waals surface area contributed by atoms with Crippen molar-refractivity contribution in [1.82, 2.24) is 0 Å². The molecule has 20 heavy (non-hydrogen) atoms. The molecular formula is C14H19NO4S. The lowest BCUT2D eigenvalue weighted by molar-refractivity contribution is 0.0211. The molecule has 0 aromatic heterocycles. The van der Waals surface area contributed by atoms with Gasteiger partial charge in [-0.05, 0) is 56.4 Å². The summed E-state index contributed by atoms with van der Waals surface area (Å²) < 4.78 is 28.2. The van der Waals surface area contributed by atoms with Gasteiger partial charge in [0.25, 0.3) is 0 Å². The molecule has 0 aliphatic heterocycles. The Kier molecular flexibility index (Phi) is 4.45. The van der Waals surface area contributed by atoms with Crippen LogP contribution in [-0.2, 0) is 14.8 Å². The van der Waals surface area contributed by atoms with Crippen LogP contribution < -0.4 is 5.14 Å². The Hall–Kier alpha value is -1.40. The smallest absolute Gasteiger partial charge is 0.338 e. The first-order valence-electron chi connectivity index (χ1n) is 6.72. The molecule has 1 aromatic carbocycles. The third-order valence-corrected chi connectivity index (χ3v) is 4.33. The van der Waals surface area contributed by atoms with Gasteiger partial charge in [-0.2, -0.15) is 0 Å². The Morgan fingerprint density at radius 1 is 1.20 bits per heavy atom. The van der Waals surface area contributed by atoms with Gasteiger partial charge in [-0.1, -0.05) is 6.42 Å². The quantitative estimate of drug-likeness (QED) is 0.866. The summed E-state index contributed by atoms with van der Waals surface area (Å²) in [7, 11) is -3.82. The van der Waals surface area contributed by atoms with Crippen molar-refractivity contribution >= 4 is 16.0 Å². The maximum absolute atomic E-state index is 12.1. The minimum absolute atomic E-state index is 0.0605. The lowest BCUT2D eigenvalue weighted by Crippen LogP contribution is -2.21. The average molecular weight is 297 g/mol. The van der Waals surface area contributed by atoms with Gasteiger partial charge in [0.15, 0.2) is 0 Å². The zero-order valence-electron chi connectivity index (χ0n) is 11.5. The predicted octanol–water partition coefficient (Wildman–Crippen LogP) is 2.13. The maximum atomic E-state index is 12.1. The van der Waals surface area contributed by atoms with E-state index in [-0.39, 0.29) is 16.6 Å². The fourth-order valence-electron chi connectivity index (χ4n) is 2.43. The highest BCUT2D eigenvalue weighted by molar-refractivity contribution is 7.89. The minimum Gasteiger partial charge on any atom is -0.459 e. The number of sulfonamides is 1. The Bertz CT molecular complexity index is 604. The van der Waals surface area contributed by atoms with E-state index < -0.39 is 16.0 Å². The number of carbonyl (C=O) groups is 1. The van der Waals surface area contributed by atoms with Crippen LogP contribution in [0.4, 0.5) is 0 Å². The molecule has 0 radical (unpaired) electrons. The summed E-state index contributed by atoms with van der Waals surface area (Å²) in [6.45, 7) is 1.71. The Morgan fingerprint density at radius 2 is 1.85 bits per heavy atom. The SMILES string of the molecule is Cc1cc(C(=O)OC2CCCCC2)cc(S(N)(=O)=O)c1. The highest BCUT2D eigenvalue weighted by atomic mass is 32.2. The fourth-order valence-corrected chi connectivity index (χ4v) is 3.07. The molecule has 0 heterocycles. The van der Waals surface area contributed by atoms with Crippen LogP contribution in [0.2, 0.25) is 0 Å². The van der Waals surface area contributed by atoms with Crippen LogP contribution in [0, 0.1) is 6.92 Å². The molecule has 5 nitrogen and oxygen atoms in total. The topological polar surface area (TPSA) is 86.5 Å². The predicted molar refractivity (Wildman–Crippen MR) is 74.8 cm³/mol. The summed E-state index contributed by atoms with van der Waals surface area (Å²) in [5, 5.41) is 5.10. The van der Waals surface area contributed by atoms with Gasteiger partial charge in [0.1, 0.15) is 6.10 Å². The van der Waals surface area contributed by atoms with Crippen molar-refractivity contribution in [1.29, 1.82) is 0 Å². The van der Waals surface area contributed by atoms with E-state index in [4.69, 9.17) is 9.88 Å². The van der Waals surface area contributed by atoms with Crippen LogP contribution in [0.1, 0.15) is 48.0 Å². The summed E-state index contributed by atoms with van der Waals surface area (Å²) in [5.41, 5.74) is 0.895. The van der Waals surface area contributed by atoms with E-state index in [2.05, 4.69) is 0 Å². The Morgan fingerprint density at radius 3 is 2.45 bits per heavy atom. The molecule has 2 N–H and O–H groups in total. The van der Waals surface area contributed by atoms with E-state index in [1.54, 1.807) is 13.0 Å². The maximum Gasteiger partial charge on any atom is 0.338 e. The van der Waals surface area contributed by atoms with Gasteiger partial charge in [0.2, 0.25) is 10.0 Å². The lowest BCUT2D eigenvalue weighted by atomic mass is 9.98.